The van der Waals surface area contributed by atoms with E-state index < -0.39 is 0 Å². The summed E-state index contributed by atoms with van der Waals surface area (Å²) in [5, 5.41) is 3.23. The molecule has 1 N–H and O–H groups in total. The van der Waals surface area contributed by atoms with Crippen molar-refractivity contribution in [1.29, 1.82) is 0 Å². The van der Waals surface area contributed by atoms with Crippen molar-refractivity contribution in [3.63, 3.8) is 0 Å². The molecule has 1 aliphatic carbocycles. The standard InChI is InChI=1S/C13H19NO/c1-15-10-14-8-7-11-5-6-12-3-2-4-13(12)9-11/h5-6,9,14H,2-4,7-8,10H2,1H3. The van der Waals surface area contributed by atoms with Crippen molar-refractivity contribution in [2.45, 2.75) is 25.7 Å². The SMILES string of the molecule is COCNCCc1ccc2c(c1)CCC2. The van der Waals surface area contributed by atoms with Crippen molar-refractivity contribution < 1.29 is 4.74 Å². The molecule has 0 atom stereocenters. The molecule has 0 bridgehead atoms. The average molecular weight is 205 g/mol. The fourth-order valence-electron chi connectivity index (χ4n) is 2.19. The molecule has 0 aromatic heterocycles. The minimum atomic E-state index is 0.644. The lowest BCUT2D eigenvalue weighted by Gasteiger charge is -2.06. The number of benzene rings is 1. The van der Waals surface area contributed by atoms with Gasteiger partial charge in [-0.1, -0.05) is 18.2 Å². The predicted molar refractivity (Wildman–Crippen MR) is 62.0 cm³/mol. The molecule has 82 valence electrons. The fourth-order valence-corrected chi connectivity index (χ4v) is 2.19. The smallest absolute Gasteiger partial charge is 0.0961 e. The Bertz CT molecular complexity index is 322. The highest BCUT2D eigenvalue weighted by atomic mass is 16.5. The molecule has 0 unspecified atom stereocenters. The highest BCUT2D eigenvalue weighted by Gasteiger charge is 2.10. The van der Waals surface area contributed by atoms with Gasteiger partial charge in [0.1, 0.15) is 0 Å². The molecule has 2 rings (SSSR count). The zero-order valence-corrected chi connectivity index (χ0v) is 9.38. The zero-order chi connectivity index (χ0) is 10.5. The van der Waals surface area contributed by atoms with Crippen molar-refractivity contribution >= 4 is 0 Å². The minimum Gasteiger partial charge on any atom is -0.370 e. The van der Waals surface area contributed by atoms with Crippen LogP contribution in [0.4, 0.5) is 0 Å². The maximum Gasteiger partial charge on any atom is 0.0961 e. The fraction of sp³-hybridized carbons (Fsp3) is 0.538. The van der Waals surface area contributed by atoms with Gasteiger partial charge in [0.25, 0.3) is 0 Å². The molecule has 1 aromatic carbocycles. The largest absolute Gasteiger partial charge is 0.370 e. The van der Waals surface area contributed by atoms with E-state index in [4.69, 9.17) is 4.74 Å². The van der Waals surface area contributed by atoms with Crippen LogP contribution in [-0.4, -0.2) is 20.4 Å². The third kappa shape index (κ3) is 2.80. The Morgan fingerprint density at radius 2 is 2.13 bits per heavy atom. The number of rotatable bonds is 5. The van der Waals surface area contributed by atoms with E-state index in [1.54, 1.807) is 18.2 Å². The summed E-state index contributed by atoms with van der Waals surface area (Å²) >= 11 is 0. The lowest BCUT2D eigenvalue weighted by Crippen LogP contribution is -2.19. The van der Waals surface area contributed by atoms with Crippen LogP contribution in [-0.2, 0) is 24.0 Å². The van der Waals surface area contributed by atoms with Gasteiger partial charge in [-0.25, -0.2) is 0 Å². The molecule has 2 nitrogen and oxygen atoms in total. The molecule has 0 aliphatic heterocycles. The molecule has 0 fully saturated rings. The molecule has 0 spiro atoms. The van der Waals surface area contributed by atoms with Gasteiger partial charge in [0.05, 0.1) is 6.73 Å². The van der Waals surface area contributed by atoms with Crippen molar-refractivity contribution in [3.05, 3.63) is 34.9 Å². The van der Waals surface area contributed by atoms with E-state index in [0.29, 0.717) is 6.73 Å². The molecule has 0 amide bonds. The number of methoxy groups -OCH3 is 1. The Hall–Kier alpha value is -0.860. The molecular formula is C13H19NO. The number of fused-ring (bicyclic) bond motifs is 1. The number of hydrogen-bond donors (Lipinski definition) is 1. The van der Waals surface area contributed by atoms with Gasteiger partial charge in [0.2, 0.25) is 0 Å². The second kappa shape index (κ2) is 5.29. The van der Waals surface area contributed by atoms with Crippen LogP contribution in [0.15, 0.2) is 18.2 Å². The van der Waals surface area contributed by atoms with E-state index in [9.17, 15) is 0 Å². The molecule has 0 radical (unpaired) electrons. The summed E-state index contributed by atoms with van der Waals surface area (Å²) in [5.41, 5.74) is 4.57. The Morgan fingerprint density at radius 3 is 3.00 bits per heavy atom. The van der Waals surface area contributed by atoms with E-state index in [-0.39, 0.29) is 0 Å². The third-order valence-electron chi connectivity index (χ3n) is 3.00. The number of aryl methyl sites for hydroxylation is 2. The van der Waals surface area contributed by atoms with Gasteiger partial charge in [-0.05, 0) is 42.4 Å². The first-order valence-corrected chi connectivity index (χ1v) is 5.70. The highest BCUT2D eigenvalue weighted by molar-refractivity contribution is 5.35. The summed E-state index contributed by atoms with van der Waals surface area (Å²) < 4.78 is 4.94. The van der Waals surface area contributed by atoms with Crippen molar-refractivity contribution in [3.8, 4) is 0 Å². The van der Waals surface area contributed by atoms with Crippen LogP contribution in [0.1, 0.15) is 23.1 Å². The Labute approximate surface area is 91.6 Å². The molecule has 0 heterocycles. The van der Waals surface area contributed by atoms with Crippen LogP contribution < -0.4 is 5.32 Å². The van der Waals surface area contributed by atoms with E-state index in [2.05, 4.69) is 23.5 Å². The average Bonchev–Trinajstić information content (AvgIpc) is 2.71. The van der Waals surface area contributed by atoms with Gasteiger partial charge in [0, 0.05) is 13.7 Å². The molecule has 1 aromatic rings. The van der Waals surface area contributed by atoms with Gasteiger partial charge in [0.15, 0.2) is 0 Å². The first-order valence-electron chi connectivity index (χ1n) is 5.70. The third-order valence-corrected chi connectivity index (χ3v) is 3.00. The minimum absolute atomic E-state index is 0.644. The topological polar surface area (TPSA) is 21.3 Å². The normalized spacial score (nSPS) is 14.2. The Balaban J connectivity index is 1.87. The molecule has 15 heavy (non-hydrogen) atoms. The lowest BCUT2D eigenvalue weighted by molar-refractivity contribution is 0.176. The summed E-state index contributed by atoms with van der Waals surface area (Å²) in [6.07, 6.45) is 4.98. The molecule has 0 saturated heterocycles. The summed E-state index contributed by atoms with van der Waals surface area (Å²) in [4.78, 5) is 0. The van der Waals surface area contributed by atoms with Gasteiger partial charge in [-0.3, -0.25) is 5.32 Å². The maximum atomic E-state index is 4.94. The highest BCUT2D eigenvalue weighted by Crippen LogP contribution is 2.22. The van der Waals surface area contributed by atoms with Crippen LogP contribution in [0.5, 0.6) is 0 Å². The molecular weight excluding hydrogens is 186 g/mol. The van der Waals surface area contributed by atoms with Crippen LogP contribution >= 0.6 is 0 Å². The van der Waals surface area contributed by atoms with Gasteiger partial charge in [-0.2, -0.15) is 0 Å². The van der Waals surface area contributed by atoms with E-state index in [0.717, 1.165) is 13.0 Å². The van der Waals surface area contributed by atoms with Gasteiger partial charge < -0.3 is 4.74 Å². The van der Waals surface area contributed by atoms with Crippen molar-refractivity contribution in [2.75, 3.05) is 20.4 Å². The van der Waals surface area contributed by atoms with Crippen molar-refractivity contribution in [2.24, 2.45) is 0 Å². The Kier molecular flexibility index (Phi) is 3.75. The monoisotopic (exact) mass is 205 g/mol. The maximum absolute atomic E-state index is 4.94. The van der Waals surface area contributed by atoms with E-state index in [1.165, 1.54) is 24.8 Å². The quantitative estimate of drug-likeness (QED) is 0.585. The van der Waals surface area contributed by atoms with Crippen LogP contribution in [0.3, 0.4) is 0 Å². The molecule has 0 saturated carbocycles. The summed E-state index contributed by atoms with van der Waals surface area (Å²) in [6.45, 7) is 1.64. The number of ether oxygens (including phenoxy) is 1. The zero-order valence-electron chi connectivity index (χ0n) is 9.38. The Morgan fingerprint density at radius 1 is 1.27 bits per heavy atom. The second-order valence-corrected chi connectivity index (χ2v) is 4.14. The summed E-state index contributed by atoms with van der Waals surface area (Å²) in [6, 6.07) is 6.93. The van der Waals surface area contributed by atoms with E-state index >= 15 is 0 Å². The predicted octanol–water partition coefficient (Wildman–Crippen LogP) is 1.91. The van der Waals surface area contributed by atoms with Crippen molar-refractivity contribution in [1.82, 2.24) is 5.32 Å². The lowest BCUT2D eigenvalue weighted by atomic mass is 10.0. The summed E-state index contributed by atoms with van der Waals surface area (Å²) in [7, 11) is 1.71. The molecule has 1 aliphatic rings. The second-order valence-electron chi connectivity index (χ2n) is 4.14. The van der Waals surface area contributed by atoms with Crippen LogP contribution in [0.2, 0.25) is 0 Å². The first-order chi connectivity index (χ1) is 7.40. The van der Waals surface area contributed by atoms with Crippen LogP contribution in [0.25, 0.3) is 0 Å². The first kappa shape index (κ1) is 10.7. The molecule has 2 heteroatoms. The number of nitrogens with one attached hydrogen (secondary N) is 1. The van der Waals surface area contributed by atoms with E-state index in [1.807, 2.05) is 0 Å². The van der Waals surface area contributed by atoms with Gasteiger partial charge >= 0.3 is 0 Å². The van der Waals surface area contributed by atoms with Gasteiger partial charge in [-0.15, -0.1) is 0 Å². The van der Waals surface area contributed by atoms with Crippen LogP contribution in [0, 0.1) is 0 Å². The number of hydrogen-bond acceptors (Lipinski definition) is 2. The summed E-state index contributed by atoms with van der Waals surface area (Å²) in [5.74, 6) is 0.